The molecular weight excluding hydrogens is 432 g/mol. The maximum atomic E-state index is 9.56. The molecule has 0 spiro atoms. The summed E-state index contributed by atoms with van der Waals surface area (Å²) in [5.74, 6) is 1.46. The molecule has 2 heterocycles. The molecule has 2 aromatic carbocycles. The van der Waals surface area contributed by atoms with Crippen LogP contribution in [0.3, 0.4) is 0 Å². The Balaban J connectivity index is 1.60. The number of aliphatic hydroxyl groups excluding tert-OH is 2. The molecule has 4 N–H and O–H groups in total. The monoisotopic (exact) mass is 458 g/mol. The molecule has 3 aromatic rings. The third-order valence-corrected chi connectivity index (χ3v) is 5.76. The van der Waals surface area contributed by atoms with Crippen LogP contribution in [0.15, 0.2) is 40.9 Å². The van der Waals surface area contributed by atoms with Crippen LogP contribution in [0.2, 0.25) is 5.02 Å². The fourth-order valence-electron chi connectivity index (χ4n) is 3.84. The molecule has 4 rings (SSSR count). The summed E-state index contributed by atoms with van der Waals surface area (Å²) in [4.78, 5) is 6.66. The van der Waals surface area contributed by atoms with Crippen molar-refractivity contribution in [2.45, 2.75) is 31.9 Å². The summed E-state index contributed by atoms with van der Waals surface area (Å²) in [5.41, 5.74) is 8.68. The highest BCUT2D eigenvalue weighted by Gasteiger charge is 2.31. The minimum Gasteiger partial charge on any atom is -0.489 e. The minimum atomic E-state index is -1.07. The zero-order valence-corrected chi connectivity index (χ0v) is 18.8. The standard InChI is InChI=1S/C23H27ClN4O4/c1-14(2)31-20-7-6-15(10-18(20)24)22-26-21(27-32-22)17-4-3-5-19-16(17)8-9-28(19)11-23(25,12-29)13-30/h3-7,10,14,29-30H,8-9,11-13,25H2,1-2H3. The van der Waals surface area contributed by atoms with Gasteiger partial charge in [-0.15, -0.1) is 0 Å². The van der Waals surface area contributed by atoms with E-state index in [2.05, 4.69) is 15.0 Å². The van der Waals surface area contributed by atoms with Gasteiger partial charge in [0.05, 0.1) is 29.9 Å². The first-order valence-corrected chi connectivity index (χ1v) is 10.9. The molecule has 8 nitrogen and oxygen atoms in total. The highest BCUT2D eigenvalue weighted by Crippen LogP contribution is 2.37. The number of aromatic nitrogens is 2. The molecule has 0 bridgehead atoms. The zero-order chi connectivity index (χ0) is 22.9. The maximum absolute atomic E-state index is 9.56. The highest BCUT2D eigenvalue weighted by atomic mass is 35.5. The quantitative estimate of drug-likeness (QED) is 0.471. The smallest absolute Gasteiger partial charge is 0.258 e. The van der Waals surface area contributed by atoms with Gasteiger partial charge in [-0.3, -0.25) is 0 Å². The minimum absolute atomic E-state index is 0.0206. The van der Waals surface area contributed by atoms with E-state index in [0.29, 0.717) is 34.6 Å². The van der Waals surface area contributed by atoms with Crippen molar-refractivity contribution in [2.24, 2.45) is 5.73 Å². The average molecular weight is 459 g/mol. The number of anilines is 1. The number of ether oxygens (including phenoxy) is 1. The van der Waals surface area contributed by atoms with Crippen molar-refractivity contribution in [1.29, 1.82) is 0 Å². The summed E-state index contributed by atoms with van der Waals surface area (Å²) < 4.78 is 11.2. The van der Waals surface area contributed by atoms with E-state index in [9.17, 15) is 10.2 Å². The molecule has 1 aliphatic rings. The van der Waals surface area contributed by atoms with E-state index in [4.69, 9.17) is 26.6 Å². The van der Waals surface area contributed by atoms with E-state index < -0.39 is 5.54 Å². The lowest BCUT2D eigenvalue weighted by atomic mass is 10.0. The molecule has 0 saturated heterocycles. The van der Waals surface area contributed by atoms with Crippen molar-refractivity contribution >= 4 is 17.3 Å². The molecule has 0 fully saturated rings. The second-order valence-electron chi connectivity index (χ2n) is 8.39. The first kappa shape index (κ1) is 22.5. The van der Waals surface area contributed by atoms with Crippen LogP contribution in [-0.2, 0) is 6.42 Å². The molecule has 1 aromatic heterocycles. The van der Waals surface area contributed by atoms with E-state index >= 15 is 0 Å². The molecule has 0 atom stereocenters. The van der Waals surface area contributed by atoms with Crippen molar-refractivity contribution in [1.82, 2.24) is 10.1 Å². The van der Waals surface area contributed by atoms with Crippen LogP contribution in [0.4, 0.5) is 5.69 Å². The Morgan fingerprint density at radius 1 is 1.25 bits per heavy atom. The molecule has 0 amide bonds. The van der Waals surface area contributed by atoms with Gasteiger partial charge >= 0.3 is 0 Å². The van der Waals surface area contributed by atoms with Gasteiger partial charge in [-0.2, -0.15) is 4.98 Å². The van der Waals surface area contributed by atoms with E-state index in [1.165, 1.54) is 0 Å². The molecule has 170 valence electrons. The van der Waals surface area contributed by atoms with Crippen LogP contribution >= 0.6 is 11.6 Å². The Kier molecular flexibility index (Phi) is 6.39. The second kappa shape index (κ2) is 9.07. The second-order valence-corrected chi connectivity index (χ2v) is 8.80. The van der Waals surface area contributed by atoms with Crippen LogP contribution in [0.5, 0.6) is 5.75 Å². The van der Waals surface area contributed by atoms with Gasteiger partial charge in [-0.25, -0.2) is 0 Å². The Morgan fingerprint density at radius 2 is 2.03 bits per heavy atom. The van der Waals surface area contributed by atoms with Gasteiger partial charge in [0.1, 0.15) is 5.75 Å². The largest absolute Gasteiger partial charge is 0.489 e. The number of halogens is 1. The van der Waals surface area contributed by atoms with E-state index in [1.807, 2.05) is 38.1 Å². The Morgan fingerprint density at radius 3 is 2.72 bits per heavy atom. The van der Waals surface area contributed by atoms with Gasteiger partial charge < -0.3 is 30.1 Å². The molecule has 32 heavy (non-hydrogen) atoms. The van der Waals surface area contributed by atoms with Crippen LogP contribution in [0, 0.1) is 0 Å². The third kappa shape index (κ3) is 4.45. The first-order valence-electron chi connectivity index (χ1n) is 10.5. The Hall–Kier alpha value is -2.65. The molecular formula is C23H27ClN4O4. The topological polar surface area (TPSA) is 118 Å². The van der Waals surface area contributed by atoms with E-state index in [0.717, 1.165) is 29.8 Å². The lowest BCUT2D eigenvalue weighted by molar-refractivity contribution is 0.125. The SMILES string of the molecule is CC(C)Oc1ccc(-c2nc(-c3cccc4c3CCN4CC(N)(CO)CO)no2)cc1Cl. The Labute approximate surface area is 191 Å². The van der Waals surface area contributed by atoms with Crippen molar-refractivity contribution in [3.05, 3.63) is 47.0 Å². The van der Waals surface area contributed by atoms with Gasteiger partial charge in [-0.05, 0) is 50.1 Å². The predicted octanol–water partition coefficient (Wildman–Crippen LogP) is 2.89. The third-order valence-electron chi connectivity index (χ3n) is 5.47. The number of hydrogen-bond acceptors (Lipinski definition) is 8. The van der Waals surface area contributed by atoms with E-state index in [-0.39, 0.29) is 19.3 Å². The summed E-state index contributed by atoms with van der Waals surface area (Å²) in [5, 5.41) is 23.8. The van der Waals surface area contributed by atoms with E-state index in [1.54, 1.807) is 12.1 Å². The number of rotatable bonds is 8. The highest BCUT2D eigenvalue weighted by molar-refractivity contribution is 6.32. The molecule has 1 aliphatic heterocycles. The number of nitrogens with two attached hydrogens (primary N) is 1. The van der Waals surface area contributed by atoms with Crippen molar-refractivity contribution < 1.29 is 19.5 Å². The van der Waals surface area contributed by atoms with Crippen LogP contribution in [0.25, 0.3) is 22.8 Å². The van der Waals surface area contributed by atoms with Crippen molar-refractivity contribution in [3.63, 3.8) is 0 Å². The lowest BCUT2D eigenvalue weighted by Gasteiger charge is -2.31. The average Bonchev–Trinajstić information content (AvgIpc) is 3.42. The van der Waals surface area contributed by atoms with Gasteiger partial charge in [-0.1, -0.05) is 28.9 Å². The summed E-state index contributed by atoms with van der Waals surface area (Å²) in [6.07, 6.45) is 0.794. The molecule has 0 radical (unpaired) electrons. The number of hydrogen-bond donors (Lipinski definition) is 3. The zero-order valence-electron chi connectivity index (χ0n) is 18.1. The Bertz CT molecular complexity index is 1100. The summed E-state index contributed by atoms with van der Waals surface area (Å²) in [6.45, 7) is 4.35. The van der Waals surface area contributed by atoms with Crippen LogP contribution < -0.4 is 15.4 Å². The first-order chi connectivity index (χ1) is 15.3. The van der Waals surface area contributed by atoms with Gasteiger partial charge in [0.2, 0.25) is 5.82 Å². The number of aliphatic hydroxyl groups is 2. The maximum Gasteiger partial charge on any atom is 0.258 e. The lowest BCUT2D eigenvalue weighted by Crippen LogP contribution is -2.55. The fraction of sp³-hybridized carbons (Fsp3) is 0.391. The number of nitrogens with zero attached hydrogens (tertiary/aromatic N) is 3. The van der Waals surface area contributed by atoms with Gasteiger partial charge in [0, 0.05) is 29.9 Å². The van der Waals surface area contributed by atoms with Crippen molar-refractivity contribution in [2.75, 3.05) is 31.2 Å². The predicted molar refractivity (Wildman–Crippen MR) is 123 cm³/mol. The fourth-order valence-corrected chi connectivity index (χ4v) is 4.06. The summed E-state index contributed by atoms with van der Waals surface area (Å²) in [6, 6.07) is 11.3. The summed E-state index contributed by atoms with van der Waals surface area (Å²) >= 11 is 6.35. The van der Waals surface area contributed by atoms with Crippen molar-refractivity contribution in [3.8, 4) is 28.6 Å². The normalized spacial score (nSPS) is 13.7. The number of fused-ring (bicyclic) bond motifs is 1. The van der Waals surface area contributed by atoms with Gasteiger partial charge in [0.25, 0.3) is 5.89 Å². The van der Waals surface area contributed by atoms with Gasteiger partial charge in [0.15, 0.2) is 0 Å². The van der Waals surface area contributed by atoms with Crippen LogP contribution in [-0.4, -0.2) is 58.3 Å². The number of benzene rings is 2. The molecule has 0 unspecified atom stereocenters. The van der Waals surface area contributed by atoms with Crippen LogP contribution in [0.1, 0.15) is 19.4 Å². The molecule has 0 aliphatic carbocycles. The molecule has 9 heteroatoms. The molecule has 0 saturated carbocycles. The summed E-state index contributed by atoms with van der Waals surface area (Å²) in [7, 11) is 0.